The standard InChI is InChI=1S/C30H45N3O6/c1-7-38-21-14-12-20(13-15-21)31-25(35)22-23-27(37)33(16-10-8-9-11-17-34)24(26(36)32-28(3,4)5)30(23)18-19(2)29(22,6)39-30/h12-15,19,22-24,34H,7-11,16-18H2,1-6H3,(H,31,35)(H,32,36)/t19?,22-,23+,24?,29+,30?/m1/s1. The van der Waals surface area contributed by atoms with Crippen molar-refractivity contribution in [1.82, 2.24) is 10.2 Å². The second kappa shape index (κ2) is 11.1. The Hall–Kier alpha value is -2.65. The van der Waals surface area contributed by atoms with Crippen molar-refractivity contribution >= 4 is 23.4 Å². The number of nitrogens with one attached hydrogen (secondary N) is 2. The average molecular weight is 544 g/mol. The van der Waals surface area contributed by atoms with Crippen molar-refractivity contribution in [2.45, 2.75) is 96.4 Å². The number of aliphatic hydroxyl groups excluding tert-OH is 1. The molecule has 3 unspecified atom stereocenters. The molecule has 0 aliphatic carbocycles. The zero-order valence-electron chi connectivity index (χ0n) is 24.2. The van der Waals surface area contributed by atoms with Crippen LogP contribution in [0, 0.1) is 17.8 Å². The molecule has 1 aromatic carbocycles. The Balaban J connectivity index is 1.64. The van der Waals surface area contributed by atoms with Crippen LogP contribution in [0.15, 0.2) is 24.3 Å². The summed E-state index contributed by atoms with van der Waals surface area (Å²) in [5.41, 5.74) is -1.81. The molecule has 3 amide bonds. The highest BCUT2D eigenvalue weighted by Gasteiger charge is 2.79. The van der Waals surface area contributed by atoms with Crippen molar-refractivity contribution < 1.29 is 29.0 Å². The number of hydrogen-bond donors (Lipinski definition) is 3. The van der Waals surface area contributed by atoms with Crippen LogP contribution in [0.1, 0.15) is 73.6 Å². The monoisotopic (exact) mass is 543 g/mol. The Bertz CT molecular complexity index is 1070. The molecule has 3 heterocycles. The van der Waals surface area contributed by atoms with Crippen molar-refractivity contribution in [3.05, 3.63) is 24.3 Å². The number of ether oxygens (including phenoxy) is 2. The number of hydrogen-bond acceptors (Lipinski definition) is 6. The third-order valence-electron chi connectivity index (χ3n) is 8.58. The highest BCUT2D eigenvalue weighted by Crippen LogP contribution is 2.65. The Morgan fingerprint density at radius 2 is 1.79 bits per heavy atom. The van der Waals surface area contributed by atoms with E-state index in [-0.39, 0.29) is 30.2 Å². The minimum atomic E-state index is -1.06. The lowest BCUT2D eigenvalue weighted by Crippen LogP contribution is -2.58. The molecule has 3 fully saturated rings. The van der Waals surface area contributed by atoms with Gasteiger partial charge in [-0.1, -0.05) is 19.8 Å². The summed E-state index contributed by atoms with van der Waals surface area (Å²) >= 11 is 0. The number of nitrogens with zero attached hydrogens (tertiary/aromatic N) is 1. The summed E-state index contributed by atoms with van der Waals surface area (Å²) in [5.74, 6) is -1.47. The molecule has 1 aromatic rings. The van der Waals surface area contributed by atoms with Gasteiger partial charge >= 0.3 is 0 Å². The normalized spacial score (nSPS) is 31.4. The summed E-state index contributed by atoms with van der Waals surface area (Å²) in [6.45, 7) is 12.7. The smallest absolute Gasteiger partial charge is 0.246 e. The van der Waals surface area contributed by atoms with Gasteiger partial charge in [-0.05, 0) is 84.1 Å². The predicted octanol–water partition coefficient (Wildman–Crippen LogP) is 3.50. The molecular weight excluding hydrogens is 498 g/mol. The van der Waals surface area contributed by atoms with Crippen LogP contribution in [-0.4, -0.2) is 70.3 Å². The van der Waals surface area contributed by atoms with Crippen molar-refractivity contribution in [2.75, 3.05) is 25.1 Å². The summed E-state index contributed by atoms with van der Waals surface area (Å²) in [5, 5.41) is 15.2. The Labute approximate surface area is 232 Å². The Morgan fingerprint density at radius 1 is 1.13 bits per heavy atom. The molecule has 9 nitrogen and oxygen atoms in total. The largest absolute Gasteiger partial charge is 0.494 e. The molecule has 6 atom stereocenters. The van der Waals surface area contributed by atoms with E-state index in [4.69, 9.17) is 14.6 Å². The molecule has 216 valence electrons. The van der Waals surface area contributed by atoms with Crippen molar-refractivity contribution in [3.63, 3.8) is 0 Å². The quantitative estimate of drug-likeness (QED) is 0.368. The highest BCUT2D eigenvalue weighted by molar-refractivity contribution is 6.02. The van der Waals surface area contributed by atoms with Gasteiger partial charge in [0.1, 0.15) is 17.4 Å². The van der Waals surface area contributed by atoms with Crippen LogP contribution in [0.4, 0.5) is 5.69 Å². The van der Waals surface area contributed by atoms with Crippen LogP contribution in [0.5, 0.6) is 5.75 Å². The molecular formula is C30H45N3O6. The van der Waals surface area contributed by atoms with Crippen LogP contribution in [0.3, 0.4) is 0 Å². The van der Waals surface area contributed by atoms with Gasteiger partial charge in [0, 0.05) is 24.4 Å². The van der Waals surface area contributed by atoms with Gasteiger partial charge in [0.25, 0.3) is 0 Å². The number of benzene rings is 1. The van der Waals surface area contributed by atoms with Crippen molar-refractivity contribution in [2.24, 2.45) is 17.8 Å². The second-order valence-corrected chi connectivity index (χ2v) is 12.6. The SMILES string of the molecule is CCOc1ccc(NC(=O)[C@H]2[C@H]3C(=O)N(CCCCCCO)C(C(=O)NC(C)(C)C)C34CC(C)[C@]2(C)O4)cc1. The number of fused-ring (bicyclic) bond motifs is 1. The first kappa shape index (κ1) is 29.3. The third kappa shape index (κ3) is 5.40. The van der Waals surface area contributed by atoms with E-state index in [2.05, 4.69) is 10.6 Å². The molecule has 9 heteroatoms. The van der Waals surface area contributed by atoms with E-state index in [0.717, 1.165) is 12.8 Å². The number of carbonyl (C=O) groups excluding carboxylic acids is 3. The molecule has 3 N–H and O–H groups in total. The van der Waals surface area contributed by atoms with Crippen LogP contribution < -0.4 is 15.4 Å². The molecule has 3 saturated heterocycles. The van der Waals surface area contributed by atoms with E-state index in [1.165, 1.54) is 0 Å². The fraction of sp³-hybridized carbons (Fsp3) is 0.700. The van der Waals surface area contributed by atoms with E-state index in [0.29, 0.717) is 43.9 Å². The van der Waals surface area contributed by atoms with E-state index in [1.807, 2.05) is 41.5 Å². The minimum absolute atomic E-state index is 0.0212. The number of aliphatic hydroxyl groups is 1. The van der Waals surface area contributed by atoms with E-state index < -0.39 is 34.6 Å². The maximum atomic E-state index is 14.1. The fourth-order valence-corrected chi connectivity index (χ4v) is 6.89. The maximum Gasteiger partial charge on any atom is 0.246 e. The second-order valence-electron chi connectivity index (χ2n) is 12.6. The lowest BCUT2D eigenvalue weighted by molar-refractivity contribution is -0.147. The number of carbonyl (C=O) groups is 3. The minimum Gasteiger partial charge on any atom is -0.494 e. The first-order valence-corrected chi connectivity index (χ1v) is 14.3. The first-order chi connectivity index (χ1) is 18.4. The van der Waals surface area contributed by atoms with Gasteiger partial charge < -0.3 is 30.1 Å². The van der Waals surface area contributed by atoms with E-state index in [9.17, 15) is 14.4 Å². The summed E-state index contributed by atoms with van der Waals surface area (Å²) in [6, 6.07) is 6.36. The van der Waals surface area contributed by atoms with Gasteiger partial charge in [0.2, 0.25) is 17.7 Å². The van der Waals surface area contributed by atoms with E-state index >= 15 is 0 Å². The number of unbranched alkanes of at least 4 members (excludes halogenated alkanes) is 3. The molecule has 39 heavy (non-hydrogen) atoms. The molecule has 3 aliphatic heterocycles. The van der Waals surface area contributed by atoms with Gasteiger partial charge in [-0.15, -0.1) is 0 Å². The molecule has 0 radical (unpaired) electrons. The van der Waals surface area contributed by atoms with Gasteiger partial charge in [-0.2, -0.15) is 0 Å². The Morgan fingerprint density at radius 3 is 2.41 bits per heavy atom. The number of anilines is 1. The molecule has 2 bridgehead atoms. The molecule has 3 aliphatic rings. The van der Waals surface area contributed by atoms with Crippen LogP contribution in [0.25, 0.3) is 0 Å². The summed E-state index contributed by atoms with van der Waals surface area (Å²) < 4.78 is 12.3. The number of likely N-dealkylation sites (tertiary alicyclic amines) is 1. The van der Waals surface area contributed by atoms with Gasteiger partial charge in [-0.25, -0.2) is 0 Å². The predicted molar refractivity (Wildman–Crippen MR) is 148 cm³/mol. The van der Waals surface area contributed by atoms with Crippen molar-refractivity contribution in [3.8, 4) is 5.75 Å². The first-order valence-electron chi connectivity index (χ1n) is 14.3. The van der Waals surface area contributed by atoms with Gasteiger partial charge in [0.05, 0.1) is 24.0 Å². The Kier molecular flexibility index (Phi) is 8.34. The van der Waals surface area contributed by atoms with E-state index in [1.54, 1.807) is 29.2 Å². The summed E-state index contributed by atoms with van der Waals surface area (Å²) in [4.78, 5) is 43.5. The maximum absolute atomic E-state index is 14.1. The van der Waals surface area contributed by atoms with Gasteiger partial charge in [-0.3, -0.25) is 14.4 Å². The zero-order chi connectivity index (χ0) is 28.6. The molecule has 0 aromatic heterocycles. The summed E-state index contributed by atoms with van der Waals surface area (Å²) in [6.07, 6.45) is 3.65. The molecule has 0 saturated carbocycles. The fourth-order valence-electron chi connectivity index (χ4n) is 6.89. The van der Waals surface area contributed by atoms with Gasteiger partial charge in [0.15, 0.2) is 0 Å². The topological polar surface area (TPSA) is 117 Å². The number of amides is 3. The summed E-state index contributed by atoms with van der Waals surface area (Å²) in [7, 11) is 0. The third-order valence-corrected chi connectivity index (χ3v) is 8.58. The average Bonchev–Trinajstić information content (AvgIpc) is 3.36. The molecule has 1 spiro atoms. The van der Waals surface area contributed by atoms with Crippen LogP contribution >= 0.6 is 0 Å². The van der Waals surface area contributed by atoms with Crippen LogP contribution in [0.2, 0.25) is 0 Å². The van der Waals surface area contributed by atoms with Crippen LogP contribution in [-0.2, 0) is 19.1 Å². The number of rotatable bonds is 11. The molecule has 4 rings (SSSR count). The lowest BCUT2D eigenvalue weighted by atomic mass is 9.62. The zero-order valence-corrected chi connectivity index (χ0v) is 24.2. The lowest BCUT2D eigenvalue weighted by Gasteiger charge is -2.37. The van der Waals surface area contributed by atoms with Crippen molar-refractivity contribution in [1.29, 1.82) is 0 Å². The highest BCUT2D eigenvalue weighted by atomic mass is 16.5.